The van der Waals surface area contributed by atoms with E-state index < -0.39 is 0 Å². The van der Waals surface area contributed by atoms with Gasteiger partial charge < -0.3 is 10.1 Å². The largest absolute Gasteiger partial charge is 0.381 e. The van der Waals surface area contributed by atoms with Gasteiger partial charge in [0.15, 0.2) is 5.78 Å². The maximum Gasteiger partial charge on any atom is 0.157 e. The van der Waals surface area contributed by atoms with Crippen LogP contribution in [0.4, 0.5) is 0 Å². The molecule has 1 heterocycles. The van der Waals surface area contributed by atoms with Crippen LogP contribution in [0.25, 0.3) is 0 Å². The normalized spacial score (nSPS) is 33.6. The van der Waals surface area contributed by atoms with Gasteiger partial charge in [0, 0.05) is 24.8 Å². The van der Waals surface area contributed by atoms with E-state index in [9.17, 15) is 4.79 Å². The third-order valence-corrected chi connectivity index (χ3v) is 2.66. The zero-order valence-corrected chi connectivity index (χ0v) is 7.93. The van der Waals surface area contributed by atoms with Crippen LogP contribution in [0.5, 0.6) is 0 Å². The van der Waals surface area contributed by atoms with Crippen LogP contribution >= 0.6 is 0 Å². The Labute approximate surface area is 78.1 Å². The molecule has 13 heavy (non-hydrogen) atoms. The predicted octanol–water partition coefficient (Wildman–Crippen LogP) is 1.00. The molecule has 1 N–H and O–H groups in total. The van der Waals surface area contributed by atoms with Crippen molar-refractivity contribution in [1.29, 1.82) is 0 Å². The highest BCUT2D eigenvalue weighted by Gasteiger charge is 2.30. The number of allylic oxidation sites excluding steroid dienone is 2. The summed E-state index contributed by atoms with van der Waals surface area (Å²) in [7, 11) is 0. The van der Waals surface area contributed by atoms with Crippen LogP contribution in [0.15, 0.2) is 11.8 Å². The SMILES string of the molecule is CC1(NC2=CC(=O)CC2)CCOC1. The van der Waals surface area contributed by atoms with Gasteiger partial charge in [0.05, 0.1) is 12.1 Å². The molecule has 1 aliphatic carbocycles. The Morgan fingerprint density at radius 1 is 1.54 bits per heavy atom. The van der Waals surface area contributed by atoms with E-state index in [1.165, 1.54) is 0 Å². The lowest BCUT2D eigenvalue weighted by atomic mass is 10.0. The van der Waals surface area contributed by atoms with Gasteiger partial charge in [-0.05, 0) is 19.8 Å². The molecule has 0 aromatic heterocycles. The van der Waals surface area contributed by atoms with Crippen LogP contribution in [-0.4, -0.2) is 24.5 Å². The lowest BCUT2D eigenvalue weighted by Gasteiger charge is -2.25. The Balaban J connectivity index is 1.97. The zero-order chi connectivity index (χ0) is 9.31. The third kappa shape index (κ3) is 1.91. The molecule has 0 bridgehead atoms. The zero-order valence-electron chi connectivity index (χ0n) is 7.93. The number of nitrogens with one attached hydrogen (secondary N) is 1. The van der Waals surface area contributed by atoms with Crippen molar-refractivity contribution < 1.29 is 9.53 Å². The minimum absolute atomic E-state index is 0.0520. The van der Waals surface area contributed by atoms with E-state index in [4.69, 9.17) is 4.74 Å². The van der Waals surface area contributed by atoms with Gasteiger partial charge in [0.1, 0.15) is 0 Å². The van der Waals surface area contributed by atoms with Crippen molar-refractivity contribution in [1.82, 2.24) is 5.32 Å². The van der Waals surface area contributed by atoms with Crippen LogP contribution in [0.1, 0.15) is 26.2 Å². The first-order chi connectivity index (χ1) is 6.18. The Hall–Kier alpha value is -0.830. The van der Waals surface area contributed by atoms with E-state index in [0.29, 0.717) is 6.42 Å². The molecule has 72 valence electrons. The molecule has 1 unspecified atom stereocenters. The summed E-state index contributed by atoms with van der Waals surface area (Å²) in [4.78, 5) is 11.0. The molecule has 0 saturated carbocycles. The lowest BCUT2D eigenvalue weighted by Crippen LogP contribution is -2.41. The van der Waals surface area contributed by atoms with Crippen molar-refractivity contribution >= 4 is 5.78 Å². The van der Waals surface area contributed by atoms with Gasteiger partial charge in [-0.25, -0.2) is 0 Å². The number of carbonyl (C=O) groups is 1. The Morgan fingerprint density at radius 3 is 2.92 bits per heavy atom. The molecule has 0 radical (unpaired) electrons. The fourth-order valence-corrected chi connectivity index (χ4v) is 1.85. The molecular formula is C10H15NO2. The maximum atomic E-state index is 11.0. The van der Waals surface area contributed by atoms with E-state index >= 15 is 0 Å². The molecule has 1 atom stereocenters. The molecule has 3 heteroatoms. The van der Waals surface area contributed by atoms with Crippen LogP contribution in [0, 0.1) is 0 Å². The van der Waals surface area contributed by atoms with E-state index in [2.05, 4.69) is 12.2 Å². The molecule has 3 nitrogen and oxygen atoms in total. The molecular weight excluding hydrogens is 166 g/mol. The predicted molar refractivity (Wildman–Crippen MR) is 49.3 cm³/mol. The minimum atomic E-state index is 0.0520. The average molecular weight is 181 g/mol. The molecule has 2 aliphatic rings. The van der Waals surface area contributed by atoms with Crippen LogP contribution in [0.3, 0.4) is 0 Å². The number of carbonyl (C=O) groups excluding carboxylic acids is 1. The van der Waals surface area contributed by atoms with Crippen molar-refractivity contribution in [2.24, 2.45) is 0 Å². The fraction of sp³-hybridized carbons (Fsp3) is 0.700. The first kappa shape index (κ1) is 8.75. The van der Waals surface area contributed by atoms with Crippen molar-refractivity contribution in [2.75, 3.05) is 13.2 Å². The summed E-state index contributed by atoms with van der Waals surface area (Å²) < 4.78 is 5.32. The first-order valence-corrected chi connectivity index (χ1v) is 4.77. The standard InChI is InChI=1S/C10H15NO2/c1-10(4-5-13-7-10)11-8-2-3-9(12)6-8/h6,11H,2-5,7H2,1H3. The summed E-state index contributed by atoms with van der Waals surface area (Å²) in [6.07, 6.45) is 4.29. The van der Waals surface area contributed by atoms with Gasteiger partial charge in [-0.15, -0.1) is 0 Å². The van der Waals surface area contributed by atoms with Crippen molar-refractivity contribution in [3.63, 3.8) is 0 Å². The quantitative estimate of drug-likeness (QED) is 0.690. The van der Waals surface area contributed by atoms with E-state index in [-0.39, 0.29) is 11.3 Å². The molecule has 0 amide bonds. The summed E-state index contributed by atoms with van der Waals surface area (Å²) in [6, 6.07) is 0. The van der Waals surface area contributed by atoms with E-state index in [1.54, 1.807) is 6.08 Å². The van der Waals surface area contributed by atoms with Gasteiger partial charge in [-0.3, -0.25) is 4.79 Å². The van der Waals surface area contributed by atoms with Gasteiger partial charge in [0.25, 0.3) is 0 Å². The fourth-order valence-electron chi connectivity index (χ4n) is 1.85. The van der Waals surface area contributed by atoms with Gasteiger partial charge in [-0.1, -0.05) is 0 Å². The molecule has 1 saturated heterocycles. The highest BCUT2D eigenvalue weighted by Crippen LogP contribution is 2.22. The number of ketones is 1. The second-order valence-electron chi connectivity index (χ2n) is 4.12. The number of hydrogen-bond donors (Lipinski definition) is 1. The number of ether oxygens (including phenoxy) is 1. The second-order valence-corrected chi connectivity index (χ2v) is 4.12. The van der Waals surface area contributed by atoms with Crippen molar-refractivity contribution in [2.45, 2.75) is 31.7 Å². The lowest BCUT2D eigenvalue weighted by molar-refractivity contribution is -0.114. The van der Waals surface area contributed by atoms with Crippen LogP contribution in [-0.2, 0) is 9.53 Å². The number of rotatable bonds is 2. The number of hydrogen-bond acceptors (Lipinski definition) is 3. The summed E-state index contributed by atoms with van der Waals surface area (Å²) in [5, 5.41) is 3.40. The maximum absolute atomic E-state index is 11.0. The van der Waals surface area contributed by atoms with Crippen LogP contribution in [0.2, 0.25) is 0 Å². The third-order valence-electron chi connectivity index (χ3n) is 2.66. The molecule has 2 rings (SSSR count). The molecule has 1 fully saturated rings. The Kier molecular flexibility index (Phi) is 2.12. The minimum Gasteiger partial charge on any atom is -0.381 e. The summed E-state index contributed by atoms with van der Waals surface area (Å²) in [6.45, 7) is 3.72. The van der Waals surface area contributed by atoms with Crippen molar-refractivity contribution in [3.05, 3.63) is 11.8 Å². The molecule has 0 aromatic rings. The van der Waals surface area contributed by atoms with E-state index in [0.717, 1.165) is 31.8 Å². The van der Waals surface area contributed by atoms with Gasteiger partial charge >= 0.3 is 0 Å². The summed E-state index contributed by atoms with van der Waals surface area (Å²) >= 11 is 0. The Bertz CT molecular complexity index is 252. The highest BCUT2D eigenvalue weighted by atomic mass is 16.5. The average Bonchev–Trinajstić information content (AvgIpc) is 2.62. The molecule has 0 spiro atoms. The second kappa shape index (κ2) is 3.14. The summed E-state index contributed by atoms with van der Waals surface area (Å²) in [5.74, 6) is 0.241. The van der Waals surface area contributed by atoms with Crippen LogP contribution < -0.4 is 5.32 Å². The van der Waals surface area contributed by atoms with Gasteiger partial charge in [0.2, 0.25) is 0 Å². The first-order valence-electron chi connectivity index (χ1n) is 4.77. The Morgan fingerprint density at radius 2 is 2.38 bits per heavy atom. The van der Waals surface area contributed by atoms with Crippen molar-refractivity contribution in [3.8, 4) is 0 Å². The smallest absolute Gasteiger partial charge is 0.157 e. The summed E-state index contributed by atoms with van der Waals surface area (Å²) in [5.41, 5.74) is 1.13. The highest BCUT2D eigenvalue weighted by molar-refractivity contribution is 5.92. The molecule has 1 aliphatic heterocycles. The monoisotopic (exact) mass is 181 g/mol. The van der Waals surface area contributed by atoms with Gasteiger partial charge in [-0.2, -0.15) is 0 Å². The topological polar surface area (TPSA) is 38.3 Å². The van der Waals surface area contributed by atoms with E-state index in [1.807, 2.05) is 0 Å². The molecule has 0 aromatic carbocycles.